The van der Waals surface area contributed by atoms with E-state index >= 15 is 0 Å². The minimum atomic E-state index is -3.92. The van der Waals surface area contributed by atoms with Crippen LogP contribution in [0.3, 0.4) is 0 Å². The first-order valence-corrected chi connectivity index (χ1v) is 6.24. The SMILES string of the molecule is O=S(=O)(O)CCO.O=c1o[cH-]c2ccccc12.[Na+]. The first-order chi connectivity index (χ1) is 7.94. The minimum absolute atomic E-state index is 0. The van der Waals surface area contributed by atoms with E-state index in [1.54, 1.807) is 6.07 Å². The van der Waals surface area contributed by atoms with Gasteiger partial charge >= 0.3 is 29.6 Å². The Morgan fingerprint density at radius 3 is 2.33 bits per heavy atom. The van der Waals surface area contributed by atoms with Crippen LogP contribution in [0.4, 0.5) is 0 Å². The second kappa shape index (κ2) is 7.78. The summed E-state index contributed by atoms with van der Waals surface area (Å²) in [6.07, 6.45) is 1.47. The number of fused-ring (bicyclic) bond motifs is 1. The van der Waals surface area contributed by atoms with Gasteiger partial charge in [0.15, 0.2) is 0 Å². The summed E-state index contributed by atoms with van der Waals surface area (Å²) in [4.78, 5) is 10.8. The van der Waals surface area contributed by atoms with Crippen molar-refractivity contribution in [3.63, 3.8) is 0 Å². The molecule has 0 saturated carbocycles. The monoisotopic (exact) mass is 282 g/mol. The third-order valence-corrected chi connectivity index (χ3v) is 2.52. The molecule has 2 N–H and O–H groups in total. The molecule has 0 aliphatic rings. The Morgan fingerprint density at radius 2 is 1.89 bits per heavy atom. The van der Waals surface area contributed by atoms with Crippen molar-refractivity contribution in [1.82, 2.24) is 0 Å². The minimum Gasteiger partial charge on any atom is -0.528 e. The van der Waals surface area contributed by atoms with Gasteiger partial charge in [-0.15, -0.1) is 17.5 Å². The van der Waals surface area contributed by atoms with E-state index < -0.39 is 22.5 Å². The summed E-state index contributed by atoms with van der Waals surface area (Å²) in [5, 5.41) is 9.39. The molecular formula is C10H11NaO6S. The maximum Gasteiger partial charge on any atom is 1.00 e. The fourth-order valence-corrected chi connectivity index (χ4v) is 1.31. The Kier molecular flexibility index (Phi) is 7.53. The summed E-state index contributed by atoms with van der Waals surface area (Å²) in [6.45, 7) is -0.529. The van der Waals surface area contributed by atoms with E-state index in [-0.39, 0.29) is 35.2 Å². The fraction of sp³-hybridized carbons (Fsp3) is 0.200. The quantitative estimate of drug-likeness (QED) is 0.355. The van der Waals surface area contributed by atoms with Crippen molar-refractivity contribution in [2.24, 2.45) is 0 Å². The maximum absolute atomic E-state index is 10.8. The average molecular weight is 282 g/mol. The molecule has 0 atom stereocenters. The van der Waals surface area contributed by atoms with Crippen molar-refractivity contribution < 1.29 is 52.1 Å². The third kappa shape index (κ3) is 5.85. The van der Waals surface area contributed by atoms with Crippen LogP contribution in [-0.2, 0) is 10.1 Å². The van der Waals surface area contributed by atoms with Crippen LogP contribution in [0.2, 0.25) is 0 Å². The van der Waals surface area contributed by atoms with E-state index in [4.69, 9.17) is 9.66 Å². The molecule has 1 aromatic carbocycles. The van der Waals surface area contributed by atoms with Gasteiger partial charge < -0.3 is 14.3 Å². The summed E-state index contributed by atoms with van der Waals surface area (Å²) in [5.74, 6) is -0.576. The largest absolute Gasteiger partial charge is 1.00 e. The van der Waals surface area contributed by atoms with E-state index in [2.05, 4.69) is 4.42 Å². The van der Waals surface area contributed by atoms with E-state index in [1.165, 1.54) is 6.26 Å². The molecule has 6 nitrogen and oxygen atoms in total. The van der Waals surface area contributed by atoms with Crippen LogP contribution in [0.25, 0.3) is 10.8 Å². The second-order valence-electron chi connectivity index (χ2n) is 3.12. The maximum atomic E-state index is 10.8. The normalized spacial score (nSPS) is 10.3. The topological polar surface area (TPSA) is 105 Å². The van der Waals surface area contributed by atoms with Crippen molar-refractivity contribution >= 4 is 20.9 Å². The Balaban J connectivity index is 0.000000326. The standard InChI is InChI=1S/C8H5O2.C2H6O4S.Na/c9-8-7-4-2-1-3-6(7)5-10-8;3-1-2-7(4,5)6;/h1-5H;3H,1-2H2,(H,4,5,6);/q-1;;+1. The van der Waals surface area contributed by atoms with Gasteiger partial charge in [0.1, 0.15) is 0 Å². The Morgan fingerprint density at radius 1 is 1.28 bits per heavy atom. The Bertz CT molecular complexity index is 627. The molecule has 0 radical (unpaired) electrons. The van der Waals surface area contributed by atoms with Gasteiger partial charge in [0, 0.05) is 6.26 Å². The molecule has 18 heavy (non-hydrogen) atoms. The van der Waals surface area contributed by atoms with Crippen LogP contribution in [-0.4, -0.2) is 30.4 Å². The Hall–Kier alpha value is -0.570. The van der Waals surface area contributed by atoms with E-state index in [9.17, 15) is 13.2 Å². The van der Waals surface area contributed by atoms with Gasteiger partial charge in [-0.05, 0) is 0 Å². The fourth-order valence-electron chi connectivity index (χ4n) is 1.08. The van der Waals surface area contributed by atoms with Gasteiger partial charge in [0.05, 0.1) is 12.4 Å². The zero-order valence-corrected chi connectivity index (χ0v) is 12.6. The molecular weight excluding hydrogens is 271 g/mol. The van der Waals surface area contributed by atoms with Crippen molar-refractivity contribution in [2.75, 3.05) is 12.4 Å². The van der Waals surface area contributed by atoms with Crippen LogP contribution >= 0.6 is 0 Å². The molecule has 0 fully saturated rings. The second-order valence-corrected chi connectivity index (χ2v) is 4.69. The van der Waals surface area contributed by atoms with E-state index in [0.29, 0.717) is 5.39 Å². The van der Waals surface area contributed by atoms with Crippen LogP contribution < -0.4 is 35.2 Å². The first kappa shape index (κ1) is 17.4. The molecule has 0 spiro atoms. The number of furan rings is 1. The molecule has 0 aliphatic carbocycles. The van der Waals surface area contributed by atoms with Crippen LogP contribution in [0, 0.1) is 0 Å². The van der Waals surface area contributed by atoms with Crippen molar-refractivity contribution in [1.29, 1.82) is 0 Å². The zero-order chi connectivity index (χ0) is 12.9. The summed E-state index contributed by atoms with van der Waals surface area (Å²) in [6, 6.07) is 7.29. The molecule has 1 aromatic heterocycles. The number of hydrogen-bond donors (Lipinski definition) is 2. The summed E-state index contributed by atoms with van der Waals surface area (Å²) in [5.41, 5.74) is -0.254. The van der Waals surface area contributed by atoms with Crippen molar-refractivity contribution in [3.8, 4) is 0 Å². The van der Waals surface area contributed by atoms with Crippen LogP contribution in [0.1, 0.15) is 0 Å². The van der Waals surface area contributed by atoms with Gasteiger partial charge in [0.2, 0.25) is 5.63 Å². The van der Waals surface area contributed by atoms with Crippen LogP contribution in [0.5, 0.6) is 0 Å². The Labute approximate surface area is 126 Å². The van der Waals surface area contributed by atoms with Gasteiger partial charge in [-0.2, -0.15) is 8.42 Å². The van der Waals surface area contributed by atoms with Crippen LogP contribution in [0.15, 0.2) is 39.7 Å². The smallest absolute Gasteiger partial charge is 0.528 e. The van der Waals surface area contributed by atoms with Crippen molar-refractivity contribution in [2.45, 2.75) is 0 Å². The summed E-state index contributed by atoms with van der Waals surface area (Å²) >= 11 is 0. The predicted molar refractivity (Wildman–Crippen MR) is 61.6 cm³/mol. The number of benzene rings is 1. The van der Waals surface area contributed by atoms with E-state index in [0.717, 1.165) is 5.39 Å². The predicted octanol–water partition coefficient (Wildman–Crippen LogP) is -2.62. The average Bonchev–Trinajstić information content (AvgIpc) is 2.61. The molecule has 0 amide bonds. The third-order valence-electron chi connectivity index (χ3n) is 1.82. The summed E-state index contributed by atoms with van der Waals surface area (Å²) in [7, 11) is -3.92. The first-order valence-electron chi connectivity index (χ1n) is 4.63. The molecule has 0 bridgehead atoms. The molecule has 94 valence electrons. The number of aliphatic hydroxyl groups excluding tert-OH is 1. The summed E-state index contributed by atoms with van der Waals surface area (Å²) < 4.78 is 31.7. The molecule has 0 unspecified atom stereocenters. The molecule has 8 heteroatoms. The van der Waals surface area contributed by atoms with Gasteiger partial charge in [-0.25, -0.2) is 0 Å². The number of rotatable bonds is 2. The van der Waals surface area contributed by atoms with Gasteiger partial charge in [0.25, 0.3) is 10.1 Å². The number of hydrogen-bond acceptors (Lipinski definition) is 5. The van der Waals surface area contributed by atoms with Gasteiger partial charge in [-0.1, -0.05) is 17.5 Å². The molecule has 0 aliphatic heterocycles. The van der Waals surface area contributed by atoms with Crippen molar-refractivity contribution in [3.05, 3.63) is 40.9 Å². The van der Waals surface area contributed by atoms with Gasteiger partial charge in [-0.3, -0.25) is 4.55 Å². The molecule has 1 heterocycles. The van der Waals surface area contributed by atoms with E-state index in [1.807, 2.05) is 18.2 Å². The molecule has 2 rings (SSSR count). The number of aliphatic hydroxyl groups is 1. The zero-order valence-electron chi connectivity index (χ0n) is 9.74. The molecule has 2 aromatic rings. The molecule has 0 saturated heterocycles.